The molecule has 0 aromatic heterocycles. The molecule has 1 aliphatic rings. The SMILES string of the molecule is COc1ccc(NC(=O)Nc2cccc3c2O[C@H](CN(C)S(C)(=O)=O)[C@H](C)CN([C@@H](C)CO)C3=O)cc1. The zero-order valence-corrected chi connectivity index (χ0v) is 22.4. The Morgan fingerprint density at radius 2 is 1.92 bits per heavy atom. The van der Waals surface area contributed by atoms with Gasteiger partial charge in [0.25, 0.3) is 5.91 Å². The Morgan fingerprint density at radius 3 is 2.51 bits per heavy atom. The Kier molecular flexibility index (Phi) is 9.00. The van der Waals surface area contributed by atoms with Crippen molar-refractivity contribution >= 4 is 33.3 Å². The van der Waals surface area contributed by atoms with E-state index in [1.165, 1.54) is 11.4 Å². The molecular formula is C25H34N4O7S. The van der Waals surface area contributed by atoms with Gasteiger partial charge in [0.15, 0.2) is 5.75 Å². The van der Waals surface area contributed by atoms with Crippen molar-refractivity contribution < 1.29 is 32.6 Å². The molecule has 0 saturated heterocycles. The number of sulfonamides is 1. The lowest BCUT2D eigenvalue weighted by Crippen LogP contribution is -2.50. The van der Waals surface area contributed by atoms with Gasteiger partial charge >= 0.3 is 6.03 Å². The van der Waals surface area contributed by atoms with Gasteiger partial charge in [-0.1, -0.05) is 13.0 Å². The number of hydrogen-bond acceptors (Lipinski definition) is 7. The Hall–Kier alpha value is -3.35. The summed E-state index contributed by atoms with van der Waals surface area (Å²) in [6.07, 6.45) is 0.460. The molecular weight excluding hydrogens is 500 g/mol. The van der Waals surface area contributed by atoms with Crippen LogP contribution in [0.2, 0.25) is 0 Å². The first-order valence-corrected chi connectivity index (χ1v) is 13.6. The number of benzene rings is 2. The quantitative estimate of drug-likeness (QED) is 0.473. The smallest absolute Gasteiger partial charge is 0.323 e. The summed E-state index contributed by atoms with van der Waals surface area (Å²) in [5.41, 5.74) is 0.967. The van der Waals surface area contributed by atoms with Gasteiger partial charge in [0, 0.05) is 25.2 Å². The van der Waals surface area contributed by atoms with Crippen LogP contribution in [0.5, 0.6) is 11.5 Å². The third-order valence-corrected chi connectivity index (χ3v) is 7.57. The molecule has 0 bridgehead atoms. The fraction of sp³-hybridized carbons (Fsp3) is 0.440. The molecule has 0 spiro atoms. The van der Waals surface area contributed by atoms with Crippen LogP contribution in [0.3, 0.4) is 0 Å². The Morgan fingerprint density at radius 1 is 1.24 bits per heavy atom. The molecule has 3 amide bonds. The summed E-state index contributed by atoms with van der Waals surface area (Å²) in [6.45, 7) is 3.61. The maximum absolute atomic E-state index is 13.5. The summed E-state index contributed by atoms with van der Waals surface area (Å²) < 4.78 is 36.8. The standard InChI is InChI=1S/C25H34N4O7S/c1-16-13-29(17(2)15-30)24(31)20-7-6-8-21(23(20)36-22(16)14-28(3)37(5,33)34)27-25(32)26-18-9-11-19(35-4)12-10-18/h6-12,16-17,22,30H,13-15H2,1-5H3,(H2,26,27,32)/t16-,17+,22-/m1/s1. The molecule has 3 N–H and O–H groups in total. The minimum absolute atomic E-state index is 0.0291. The topological polar surface area (TPSA) is 138 Å². The summed E-state index contributed by atoms with van der Waals surface area (Å²) in [5, 5.41) is 15.2. The number of urea groups is 1. The van der Waals surface area contributed by atoms with Crippen molar-refractivity contribution in [3.05, 3.63) is 48.0 Å². The van der Waals surface area contributed by atoms with Crippen LogP contribution in [0, 0.1) is 5.92 Å². The number of likely N-dealkylation sites (N-methyl/N-ethyl adjacent to an activating group) is 1. The number of fused-ring (bicyclic) bond motifs is 1. The van der Waals surface area contributed by atoms with E-state index in [2.05, 4.69) is 10.6 Å². The summed E-state index contributed by atoms with van der Waals surface area (Å²) in [4.78, 5) is 27.9. The number of carbonyl (C=O) groups is 2. The second-order valence-corrected chi connectivity index (χ2v) is 11.2. The Balaban J connectivity index is 1.97. The van der Waals surface area contributed by atoms with E-state index in [0.717, 1.165) is 6.26 Å². The van der Waals surface area contributed by atoms with Crippen LogP contribution in [0.4, 0.5) is 16.2 Å². The van der Waals surface area contributed by atoms with Gasteiger partial charge in [-0.15, -0.1) is 0 Å². The zero-order chi connectivity index (χ0) is 27.3. The van der Waals surface area contributed by atoms with E-state index in [-0.39, 0.29) is 48.5 Å². The summed E-state index contributed by atoms with van der Waals surface area (Å²) >= 11 is 0. The van der Waals surface area contributed by atoms with Crippen molar-refractivity contribution in [2.45, 2.75) is 26.0 Å². The van der Waals surface area contributed by atoms with Gasteiger partial charge in [-0.25, -0.2) is 17.5 Å². The van der Waals surface area contributed by atoms with Crippen LogP contribution in [0.25, 0.3) is 0 Å². The average molecular weight is 535 g/mol. The number of hydrogen-bond donors (Lipinski definition) is 3. The van der Waals surface area contributed by atoms with E-state index in [4.69, 9.17) is 9.47 Å². The van der Waals surface area contributed by atoms with E-state index < -0.39 is 28.2 Å². The third kappa shape index (κ3) is 6.90. The molecule has 0 fully saturated rings. The van der Waals surface area contributed by atoms with Gasteiger partial charge in [-0.2, -0.15) is 0 Å². The number of aliphatic hydroxyl groups is 1. The number of amides is 3. The first-order chi connectivity index (χ1) is 17.4. The van der Waals surface area contributed by atoms with Crippen molar-refractivity contribution in [2.75, 3.05) is 50.7 Å². The van der Waals surface area contributed by atoms with Crippen molar-refractivity contribution in [2.24, 2.45) is 5.92 Å². The highest BCUT2D eigenvalue weighted by molar-refractivity contribution is 7.88. The molecule has 202 valence electrons. The van der Waals surface area contributed by atoms with E-state index in [9.17, 15) is 23.1 Å². The van der Waals surface area contributed by atoms with Crippen LogP contribution in [-0.4, -0.2) is 86.9 Å². The van der Waals surface area contributed by atoms with Gasteiger partial charge < -0.3 is 30.1 Å². The molecule has 0 radical (unpaired) electrons. The normalized spacial score (nSPS) is 18.8. The molecule has 3 rings (SSSR count). The molecule has 1 aliphatic heterocycles. The maximum atomic E-state index is 13.5. The van der Waals surface area contributed by atoms with Crippen LogP contribution < -0.4 is 20.1 Å². The highest BCUT2D eigenvalue weighted by atomic mass is 32.2. The van der Waals surface area contributed by atoms with E-state index >= 15 is 0 Å². The molecule has 37 heavy (non-hydrogen) atoms. The first kappa shape index (κ1) is 28.2. The van der Waals surface area contributed by atoms with Crippen LogP contribution in [0.15, 0.2) is 42.5 Å². The monoisotopic (exact) mass is 534 g/mol. The summed E-state index contributed by atoms with van der Waals surface area (Å²) in [5.74, 6) is 0.114. The number of carbonyl (C=O) groups excluding carboxylic acids is 2. The lowest BCUT2D eigenvalue weighted by Gasteiger charge is -2.38. The lowest BCUT2D eigenvalue weighted by atomic mass is 9.99. The fourth-order valence-corrected chi connectivity index (χ4v) is 4.33. The number of rotatable bonds is 8. The van der Waals surface area contributed by atoms with Gasteiger partial charge in [-0.05, 0) is 43.3 Å². The number of para-hydroxylation sites is 1. The van der Waals surface area contributed by atoms with E-state index in [1.807, 2.05) is 6.92 Å². The number of aliphatic hydroxyl groups excluding tert-OH is 1. The van der Waals surface area contributed by atoms with Gasteiger partial charge in [-0.3, -0.25) is 4.79 Å². The molecule has 2 aromatic rings. The Labute approximate surface area is 217 Å². The maximum Gasteiger partial charge on any atom is 0.323 e. The minimum atomic E-state index is -3.49. The zero-order valence-electron chi connectivity index (χ0n) is 21.6. The lowest BCUT2D eigenvalue weighted by molar-refractivity contribution is 0.0389. The second-order valence-electron chi connectivity index (χ2n) is 9.16. The number of ether oxygens (including phenoxy) is 2. The van der Waals surface area contributed by atoms with Gasteiger partial charge in [0.2, 0.25) is 10.0 Å². The number of nitrogens with zero attached hydrogens (tertiary/aromatic N) is 2. The fourth-order valence-electron chi connectivity index (χ4n) is 3.91. The molecule has 2 aromatic carbocycles. The minimum Gasteiger partial charge on any atom is -0.497 e. The Bertz CT molecular complexity index is 1220. The molecule has 1 heterocycles. The van der Waals surface area contributed by atoms with Gasteiger partial charge in [0.1, 0.15) is 11.9 Å². The first-order valence-electron chi connectivity index (χ1n) is 11.8. The van der Waals surface area contributed by atoms with Crippen molar-refractivity contribution in [1.29, 1.82) is 0 Å². The van der Waals surface area contributed by atoms with Crippen molar-refractivity contribution in [3.8, 4) is 11.5 Å². The highest BCUT2D eigenvalue weighted by Gasteiger charge is 2.35. The van der Waals surface area contributed by atoms with Crippen molar-refractivity contribution in [1.82, 2.24) is 9.21 Å². The molecule has 0 aliphatic carbocycles. The van der Waals surface area contributed by atoms with Crippen LogP contribution in [0.1, 0.15) is 24.2 Å². The van der Waals surface area contributed by atoms with Crippen LogP contribution >= 0.6 is 0 Å². The third-order valence-electron chi connectivity index (χ3n) is 6.29. The predicted octanol–water partition coefficient (Wildman–Crippen LogP) is 2.45. The second kappa shape index (κ2) is 11.8. The molecule has 3 atom stereocenters. The van der Waals surface area contributed by atoms with Gasteiger partial charge in [0.05, 0.1) is 43.8 Å². The molecule has 11 nitrogen and oxygen atoms in total. The number of anilines is 2. The average Bonchev–Trinajstić information content (AvgIpc) is 2.85. The molecule has 0 unspecified atom stereocenters. The predicted molar refractivity (Wildman–Crippen MR) is 141 cm³/mol. The highest BCUT2D eigenvalue weighted by Crippen LogP contribution is 2.35. The van der Waals surface area contributed by atoms with E-state index in [1.54, 1.807) is 61.4 Å². The molecule has 12 heteroatoms. The number of methoxy groups -OCH3 is 1. The van der Waals surface area contributed by atoms with Crippen molar-refractivity contribution in [3.63, 3.8) is 0 Å². The van der Waals surface area contributed by atoms with Crippen LogP contribution in [-0.2, 0) is 10.0 Å². The number of nitrogens with one attached hydrogen (secondary N) is 2. The molecule has 0 saturated carbocycles. The summed E-state index contributed by atoms with van der Waals surface area (Å²) in [6, 6.07) is 10.5. The largest absolute Gasteiger partial charge is 0.497 e. The van der Waals surface area contributed by atoms with E-state index in [0.29, 0.717) is 11.4 Å². The summed E-state index contributed by atoms with van der Waals surface area (Å²) in [7, 11) is -0.493.